The van der Waals surface area contributed by atoms with E-state index in [1.165, 1.54) is 12.0 Å². The minimum atomic E-state index is 0.741. The lowest BCUT2D eigenvalue weighted by atomic mass is 10.1. The molecule has 3 heteroatoms. The third kappa shape index (κ3) is 2.23. The first-order chi connectivity index (χ1) is 7.18. The van der Waals surface area contributed by atoms with Crippen LogP contribution in [0, 0.1) is 12.3 Å². The van der Waals surface area contributed by atoms with Gasteiger partial charge in [-0.1, -0.05) is 6.07 Å². The van der Waals surface area contributed by atoms with E-state index in [9.17, 15) is 0 Å². The maximum absolute atomic E-state index is 7.94. The van der Waals surface area contributed by atoms with Gasteiger partial charge in [-0.3, -0.25) is 5.41 Å². The molecule has 2 nitrogen and oxygen atoms in total. The van der Waals surface area contributed by atoms with Crippen LogP contribution in [0.1, 0.15) is 24.8 Å². The number of halogens is 1. The molecule has 0 atom stereocenters. The highest BCUT2D eigenvalue weighted by Crippen LogP contribution is 2.29. The average molecular weight is 267 g/mol. The number of rotatable bonds is 1. The second-order valence-electron chi connectivity index (χ2n) is 4.01. The van der Waals surface area contributed by atoms with Crippen LogP contribution in [-0.2, 0) is 0 Å². The van der Waals surface area contributed by atoms with Crippen LogP contribution in [0.4, 0.5) is 5.69 Å². The van der Waals surface area contributed by atoms with Crippen molar-refractivity contribution in [1.82, 2.24) is 0 Å². The number of nitrogens with one attached hydrogen (secondary N) is 1. The van der Waals surface area contributed by atoms with Crippen molar-refractivity contribution in [2.24, 2.45) is 0 Å². The van der Waals surface area contributed by atoms with Gasteiger partial charge in [0.1, 0.15) is 5.84 Å². The Morgan fingerprint density at radius 1 is 1.33 bits per heavy atom. The fraction of sp³-hybridized carbons (Fsp3) is 0.417. The minimum Gasteiger partial charge on any atom is -0.329 e. The smallest absolute Gasteiger partial charge is 0.100 e. The molecule has 1 aromatic rings. The topological polar surface area (TPSA) is 27.1 Å². The molecule has 0 unspecified atom stereocenters. The second-order valence-corrected chi connectivity index (χ2v) is 4.86. The van der Waals surface area contributed by atoms with Crippen LogP contribution in [0.5, 0.6) is 0 Å². The van der Waals surface area contributed by atoms with Gasteiger partial charge in [-0.25, -0.2) is 0 Å². The zero-order chi connectivity index (χ0) is 10.8. The molecule has 1 fully saturated rings. The largest absolute Gasteiger partial charge is 0.329 e. The summed E-state index contributed by atoms with van der Waals surface area (Å²) in [7, 11) is 0. The van der Waals surface area contributed by atoms with E-state index in [4.69, 9.17) is 5.41 Å². The van der Waals surface area contributed by atoms with Gasteiger partial charge in [0, 0.05) is 17.4 Å². The Morgan fingerprint density at radius 3 is 2.80 bits per heavy atom. The SMILES string of the molecule is Cc1ccc(N2CCCCC2=N)c(Br)c1. The predicted octanol–water partition coefficient (Wildman–Crippen LogP) is 3.73. The molecule has 1 aromatic carbocycles. The van der Waals surface area contributed by atoms with Crippen molar-refractivity contribution in [2.45, 2.75) is 26.2 Å². The molecule has 0 aliphatic carbocycles. The molecule has 2 rings (SSSR count). The summed E-state index contributed by atoms with van der Waals surface area (Å²) in [4.78, 5) is 2.10. The first-order valence-corrected chi connectivity index (χ1v) is 6.09. The van der Waals surface area contributed by atoms with E-state index in [1.807, 2.05) is 0 Å². The van der Waals surface area contributed by atoms with Crippen LogP contribution >= 0.6 is 15.9 Å². The number of benzene rings is 1. The predicted molar refractivity (Wildman–Crippen MR) is 67.8 cm³/mol. The monoisotopic (exact) mass is 266 g/mol. The van der Waals surface area contributed by atoms with Crippen LogP contribution in [0.15, 0.2) is 22.7 Å². The lowest BCUT2D eigenvalue weighted by Crippen LogP contribution is -2.34. The molecule has 1 aliphatic rings. The summed E-state index contributed by atoms with van der Waals surface area (Å²) >= 11 is 3.57. The number of aryl methyl sites for hydroxylation is 1. The van der Waals surface area contributed by atoms with E-state index in [1.54, 1.807) is 0 Å². The Hall–Kier alpha value is -0.830. The van der Waals surface area contributed by atoms with Gasteiger partial charge in [0.2, 0.25) is 0 Å². The zero-order valence-electron chi connectivity index (χ0n) is 8.89. The maximum atomic E-state index is 7.94. The third-order valence-electron chi connectivity index (χ3n) is 2.77. The summed E-state index contributed by atoms with van der Waals surface area (Å²) in [6, 6.07) is 6.30. The highest BCUT2D eigenvalue weighted by atomic mass is 79.9. The van der Waals surface area contributed by atoms with Crippen LogP contribution < -0.4 is 4.90 Å². The number of hydrogen-bond donors (Lipinski definition) is 1. The van der Waals surface area contributed by atoms with E-state index in [0.29, 0.717) is 0 Å². The van der Waals surface area contributed by atoms with Crippen molar-refractivity contribution < 1.29 is 0 Å². The molecule has 0 bridgehead atoms. The summed E-state index contributed by atoms with van der Waals surface area (Å²) in [5.74, 6) is 0.741. The summed E-state index contributed by atoms with van der Waals surface area (Å²) in [5.41, 5.74) is 2.37. The van der Waals surface area contributed by atoms with Gasteiger partial charge in [-0.2, -0.15) is 0 Å². The van der Waals surface area contributed by atoms with Gasteiger partial charge < -0.3 is 4.90 Å². The summed E-state index contributed by atoms with van der Waals surface area (Å²) in [6.07, 6.45) is 3.24. The van der Waals surface area contributed by atoms with Gasteiger partial charge in [0.25, 0.3) is 0 Å². The van der Waals surface area contributed by atoms with Gasteiger partial charge >= 0.3 is 0 Å². The molecule has 0 amide bonds. The van der Waals surface area contributed by atoms with Crippen LogP contribution in [0.3, 0.4) is 0 Å². The van der Waals surface area contributed by atoms with E-state index < -0.39 is 0 Å². The van der Waals surface area contributed by atoms with Crippen molar-refractivity contribution >= 4 is 27.5 Å². The molecule has 1 heterocycles. The van der Waals surface area contributed by atoms with Crippen LogP contribution in [-0.4, -0.2) is 12.4 Å². The highest BCUT2D eigenvalue weighted by molar-refractivity contribution is 9.10. The number of anilines is 1. The Morgan fingerprint density at radius 2 is 2.13 bits per heavy atom. The molecule has 0 radical (unpaired) electrons. The second kappa shape index (κ2) is 4.35. The Labute approximate surface area is 98.9 Å². The lowest BCUT2D eigenvalue weighted by Gasteiger charge is -2.30. The summed E-state index contributed by atoms with van der Waals surface area (Å²) < 4.78 is 1.09. The van der Waals surface area contributed by atoms with Gasteiger partial charge in [-0.15, -0.1) is 0 Å². The first kappa shape index (κ1) is 10.7. The van der Waals surface area contributed by atoms with Crippen molar-refractivity contribution in [2.75, 3.05) is 11.4 Å². The zero-order valence-corrected chi connectivity index (χ0v) is 10.5. The molecule has 0 spiro atoms. The molecular weight excluding hydrogens is 252 g/mol. The normalized spacial score (nSPS) is 16.9. The third-order valence-corrected chi connectivity index (χ3v) is 3.40. The van der Waals surface area contributed by atoms with Crippen molar-refractivity contribution in [3.63, 3.8) is 0 Å². The van der Waals surface area contributed by atoms with E-state index in [2.05, 4.69) is 46.0 Å². The summed E-state index contributed by atoms with van der Waals surface area (Å²) in [6.45, 7) is 3.05. The standard InChI is InChI=1S/C12H15BrN2/c1-9-5-6-11(10(13)8-9)15-7-3-2-4-12(15)14/h5-6,8,14H,2-4,7H2,1H3. The number of nitrogens with zero attached hydrogens (tertiary/aromatic N) is 1. The number of amidine groups is 1. The molecule has 0 saturated carbocycles. The minimum absolute atomic E-state index is 0.741. The highest BCUT2D eigenvalue weighted by Gasteiger charge is 2.18. The Bertz CT molecular complexity index is 387. The first-order valence-electron chi connectivity index (χ1n) is 5.29. The molecule has 0 aromatic heterocycles. The average Bonchev–Trinajstić information content (AvgIpc) is 2.20. The molecule has 15 heavy (non-hydrogen) atoms. The fourth-order valence-electron chi connectivity index (χ4n) is 1.93. The maximum Gasteiger partial charge on any atom is 0.100 e. The van der Waals surface area contributed by atoms with Crippen LogP contribution in [0.25, 0.3) is 0 Å². The molecular formula is C12H15BrN2. The molecule has 80 valence electrons. The quantitative estimate of drug-likeness (QED) is 0.824. The number of hydrogen-bond acceptors (Lipinski definition) is 1. The molecule has 1 N–H and O–H groups in total. The van der Waals surface area contributed by atoms with Gasteiger partial charge in [0.05, 0.1) is 5.69 Å². The Balaban J connectivity index is 2.31. The van der Waals surface area contributed by atoms with Gasteiger partial charge in [-0.05, 0) is 53.4 Å². The van der Waals surface area contributed by atoms with Gasteiger partial charge in [0.15, 0.2) is 0 Å². The molecule has 1 aliphatic heterocycles. The number of piperidine rings is 1. The van der Waals surface area contributed by atoms with E-state index >= 15 is 0 Å². The van der Waals surface area contributed by atoms with Crippen molar-refractivity contribution in [3.8, 4) is 0 Å². The molecule has 1 saturated heterocycles. The van der Waals surface area contributed by atoms with E-state index in [0.717, 1.165) is 35.4 Å². The summed E-state index contributed by atoms with van der Waals surface area (Å²) in [5, 5.41) is 7.94. The lowest BCUT2D eigenvalue weighted by molar-refractivity contribution is 0.707. The fourth-order valence-corrected chi connectivity index (χ4v) is 2.64. The Kier molecular flexibility index (Phi) is 3.10. The van der Waals surface area contributed by atoms with Crippen LogP contribution in [0.2, 0.25) is 0 Å². The van der Waals surface area contributed by atoms with Crippen molar-refractivity contribution in [3.05, 3.63) is 28.2 Å². The van der Waals surface area contributed by atoms with E-state index in [-0.39, 0.29) is 0 Å². The van der Waals surface area contributed by atoms with Crippen molar-refractivity contribution in [1.29, 1.82) is 5.41 Å².